The Morgan fingerprint density at radius 3 is 2.38 bits per heavy atom. The van der Waals surface area contributed by atoms with Crippen molar-refractivity contribution < 1.29 is 9.59 Å². The molecule has 1 amide bonds. The van der Waals surface area contributed by atoms with Crippen LogP contribution in [-0.2, 0) is 9.59 Å². The summed E-state index contributed by atoms with van der Waals surface area (Å²) in [4.78, 5) is 33.3. The second kappa shape index (κ2) is 10.3. The first-order valence-electron chi connectivity index (χ1n) is 13.0. The zero-order valence-electron chi connectivity index (χ0n) is 20.2. The van der Waals surface area contributed by atoms with E-state index in [-0.39, 0.29) is 29.6 Å². The number of ketones is 1. The van der Waals surface area contributed by atoms with Crippen molar-refractivity contribution in [2.24, 2.45) is 16.8 Å². The highest BCUT2D eigenvalue weighted by Gasteiger charge is 2.34. The lowest BCUT2D eigenvalue weighted by Gasteiger charge is -2.35. The van der Waals surface area contributed by atoms with Crippen LogP contribution in [0.25, 0.3) is 0 Å². The maximum Gasteiger partial charge on any atom is 0.231 e. The van der Waals surface area contributed by atoms with Crippen LogP contribution in [0.2, 0.25) is 0 Å². The SMILES string of the molecule is CC1=CC(=O)C2=C(C)CC[C@@H]([C@H](C)C(=O)N(C=NC3CCCCC3)C3CCCCC3)C=C12. The Labute approximate surface area is 193 Å². The number of hydrogen-bond donors (Lipinski definition) is 0. The van der Waals surface area contributed by atoms with E-state index in [1.807, 2.05) is 18.2 Å². The van der Waals surface area contributed by atoms with Gasteiger partial charge in [-0.3, -0.25) is 19.5 Å². The first-order chi connectivity index (χ1) is 15.5. The highest BCUT2D eigenvalue weighted by Crippen LogP contribution is 2.39. The quantitative estimate of drug-likeness (QED) is 0.374. The molecule has 174 valence electrons. The minimum atomic E-state index is -0.113. The fourth-order valence-electron chi connectivity index (χ4n) is 6.04. The summed E-state index contributed by atoms with van der Waals surface area (Å²) in [5.41, 5.74) is 4.15. The monoisotopic (exact) mass is 436 g/mol. The van der Waals surface area contributed by atoms with Gasteiger partial charge < -0.3 is 0 Å². The van der Waals surface area contributed by atoms with E-state index in [1.165, 1.54) is 44.1 Å². The van der Waals surface area contributed by atoms with Gasteiger partial charge >= 0.3 is 0 Å². The van der Waals surface area contributed by atoms with Crippen LogP contribution in [0.5, 0.6) is 0 Å². The zero-order chi connectivity index (χ0) is 22.7. The summed E-state index contributed by atoms with van der Waals surface area (Å²) in [5.74, 6) is 0.381. The average molecular weight is 437 g/mol. The maximum atomic E-state index is 13.9. The number of aliphatic imine (C=N–C) groups is 1. The standard InChI is InChI=1S/C28H40N2O2/c1-19-14-15-22(17-25-20(2)16-26(31)27(19)25)21(3)28(32)30(24-12-8-5-9-13-24)18-29-23-10-6-4-7-11-23/h16-18,21-24H,4-15H2,1-3H3/t21-,22+/m0/s1. The van der Waals surface area contributed by atoms with Crippen LogP contribution in [0, 0.1) is 11.8 Å². The van der Waals surface area contributed by atoms with Crippen molar-refractivity contribution in [1.29, 1.82) is 0 Å². The molecule has 32 heavy (non-hydrogen) atoms. The van der Waals surface area contributed by atoms with Gasteiger partial charge in [0.2, 0.25) is 5.91 Å². The predicted octanol–water partition coefficient (Wildman–Crippen LogP) is 6.33. The smallest absolute Gasteiger partial charge is 0.231 e. The Hall–Kier alpha value is -1.97. The average Bonchev–Trinajstić information content (AvgIpc) is 2.97. The van der Waals surface area contributed by atoms with Crippen LogP contribution in [-0.4, -0.2) is 35.0 Å². The fraction of sp³-hybridized carbons (Fsp3) is 0.679. The molecule has 4 aliphatic carbocycles. The van der Waals surface area contributed by atoms with Gasteiger partial charge in [-0.15, -0.1) is 0 Å². The Kier molecular flexibility index (Phi) is 7.48. The molecule has 0 bridgehead atoms. The van der Waals surface area contributed by atoms with Gasteiger partial charge in [0.15, 0.2) is 5.78 Å². The van der Waals surface area contributed by atoms with Crippen molar-refractivity contribution in [2.75, 3.05) is 0 Å². The van der Waals surface area contributed by atoms with E-state index in [0.29, 0.717) is 6.04 Å². The van der Waals surface area contributed by atoms with Crippen LogP contribution in [0.3, 0.4) is 0 Å². The first kappa shape index (κ1) is 23.2. The summed E-state index contributed by atoms with van der Waals surface area (Å²) in [6.45, 7) is 6.18. The van der Waals surface area contributed by atoms with Gasteiger partial charge in [0.1, 0.15) is 0 Å². The molecule has 0 aliphatic heterocycles. The molecule has 2 atom stereocenters. The lowest BCUT2D eigenvalue weighted by molar-refractivity contribution is -0.134. The van der Waals surface area contributed by atoms with Gasteiger partial charge in [-0.1, -0.05) is 57.1 Å². The molecule has 2 saturated carbocycles. The zero-order valence-corrected chi connectivity index (χ0v) is 20.2. The van der Waals surface area contributed by atoms with E-state index in [2.05, 4.69) is 19.9 Å². The molecule has 0 aromatic rings. The Balaban J connectivity index is 1.54. The highest BCUT2D eigenvalue weighted by molar-refractivity contribution is 6.13. The summed E-state index contributed by atoms with van der Waals surface area (Å²) >= 11 is 0. The first-order valence-corrected chi connectivity index (χ1v) is 13.0. The second-order valence-corrected chi connectivity index (χ2v) is 10.5. The summed E-state index contributed by atoms with van der Waals surface area (Å²) in [5, 5.41) is 0. The van der Waals surface area contributed by atoms with E-state index in [9.17, 15) is 9.59 Å². The second-order valence-electron chi connectivity index (χ2n) is 10.5. The highest BCUT2D eigenvalue weighted by atomic mass is 16.2. The largest absolute Gasteiger partial charge is 0.300 e. The van der Waals surface area contributed by atoms with Crippen LogP contribution in [0.1, 0.15) is 97.8 Å². The third kappa shape index (κ3) is 5.00. The van der Waals surface area contributed by atoms with Gasteiger partial charge in [0.05, 0.1) is 12.4 Å². The van der Waals surface area contributed by atoms with Crippen molar-refractivity contribution in [3.63, 3.8) is 0 Å². The number of carbonyl (C=O) groups excluding carboxylic acids is 2. The molecule has 0 aromatic heterocycles. The molecule has 4 aliphatic rings. The molecule has 2 fully saturated rings. The van der Waals surface area contributed by atoms with Gasteiger partial charge in [-0.25, -0.2) is 0 Å². The Bertz CT molecular complexity index is 851. The summed E-state index contributed by atoms with van der Waals surface area (Å²) in [7, 11) is 0. The molecule has 0 spiro atoms. The van der Waals surface area contributed by atoms with Gasteiger partial charge in [-0.05, 0) is 75.5 Å². The van der Waals surface area contributed by atoms with Crippen molar-refractivity contribution in [3.05, 3.63) is 34.4 Å². The summed E-state index contributed by atoms with van der Waals surface area (Å²) in [6.07, 6.45) is 19.7. The van der Waals surface area contributed by atoms with Crippen molar-refractivity contribution in [2.45, 2.75) is 110 Å². The lowest BCUT2D eigenvalue weighted by atomic mass is 9.86. The maximum absolute atomic E-state index is 13.9. The molecular weight excluding hydrogens is 396 g/mol. The van der Waals surface area contributed by atoms with E-state index in [1.54, 1.807) is 6.08 Å². The molecule has 4 rings (SSSR count). The van der Waals surface area contributed by atoms with Crippen LogP contribution in [0.15, 0.2) is 39.4 Å². The number of hydrogen-bond acceptors (Lipinski definition) is 3. The molecule has 0 unspecified atom stereocenters. The van der Waals surface area contributed by atoms with Crippen molar-refractivity contribution in [3.8, 4) is 0 Å². The normalized spacial score (nSPS) is 26.6. The van der Waals surface area contributed by atoms with Crippen molar-refractivity contribution in [1.82, 2.24) is 4.90 Å². The number of allylic oxidation sites excluding steroid dienone is 6. The molecular formula is C28H40N2O2. The van der Waals surface area contributed by atoms with E-state index < -0.39 is 0 Å². The number of amides is 1. The molecule has 0 saturated heterocycles. The summed E-state index contributed by atoms with van der Waals surface area (Å²) < 4.78 is 0. The number of rotatable bonds is 5. The topological polar surface area (TPSA) is 49.7 Å². The van der Waals surface area contributed by atoms with Crippen LogP contribution in [0.4, 0.5) is 0 Å². The number of carbonyl (C=O) groups is 2. The minimum absolute atomic E-state index is 0.113. The third-order valence-corrected chi connectivity index (χ3v) is 8.18. The van der Waals surface area contributed by atoms with Gasteiger partial charge in [0.25, 0.3) is 0 Å². The molecule has 0 N–H and O–H groups in total. The number of nitrogens with zero attached hydrogens (tertiary/aromatic N) is 2. The van der Waals surface area contributed by atoms with Crippen LogP contribution >= 0.6 is 0 Å². The van der Waals surface area contributed by atoms with Crippen LogP contribution < -0.4 is 0 Å². The van der Waals surface area contributed by atoms with Crippen molar-refractivity contribution >= 4 is 18.0 Å². The van der Waals surface area contributed by atoms with E-state index in [0.717, 1.165) is 55.2 Å². The van der Waals surface area contributed by atoms with E-state index >= 15 is 0 Å². The van der Waals surface area contributed by atoms with E-state index in [4.69, 9.17) is 4.99 Å². The number of fused-ring (bicyclic) bond motifs is 1. The lowest BCUT2D eigenvalue weighted by Crippen LogP contribution is -2.44. The molecule has 0 radical (unpaired) electrons. The minimum Gasteiger partial charge on any atom is -0.300 e. The molecule has 4 nitrogen and oxygen atoms in total. The molecule has 4 heteroatoms. The predicted molar refractivity (Wildman–Crippen MR) is 131 cm³/mol. The van der Waals surface area contributed by atoms with Gasteiger partial charge in [-0.2, -0.15) is 0 Å². The van der Waals surface area contributed by atoms with Gasteiger partial charge in [0, 0.05) is 17.5 Å². The summed E-state index contributed by atoms with van der Waals surface area (Å²) in [6, 6.07) is 0.666. The molecule has 0 aromatic carbocycles. The Morgan fingerprint density at radius 2 is 1.69 bits per heavy atom. The molecule has 0 heterocycles. The Morgan fingerprint density at radius 1 is 1.03 bits per heavy atom. The third-order valence-electron chi connectivity index (χ3n) is 8.18. The fourth-order valence-corrected chi connectivity index (χ4v) is 6.04.